The van der Waals surface area contributed by atoms with Crippen LogP contribution in [0.2, 0.25) is 0 Å². The van der Waals surface area contributed by atoms with E-state index in [2.05, 4.69) is 10.3 Å². The van der Waals surface area contributed by atoms with Crippen molar-refractivity contribution in [2.45, 2.75) is 33.1 Å². The van der Waals surface area contributed by atoms with E-state index in [0.29, 0.717) is 36.8 Å². The zero-order valence-electron chi connectivity index (χ0n) is 16.5. The Labute approximate surface area is 161 Å². The molecular formula is C20H24N4O4. The van der Waals surface area contributed by atoms with Crippen LogP contribution in [0, 0.1) is 13.8 Å². The van der Waals surface area contributed by atoms with Gasteiger partial charge in [-0.15, -0.1) is 0 Å². The molecule has 0 atom stereocenters. The average Bonchev–Trinajstić information content (AvgIpc) is 3.17. The Hall–Kier alpha value is -3.16. The Morgan fingerprint density at radius 2 is 1.93 bits per heavy atom. The number of hydrogen-bond donors (Lipinski definition) is 1. The van der Waals surface area contributed by atoms with Crippen LogP contribution in [0.5, 0.6) is 0 Å². The number of aryl methyl sites for hydroxylation is 3. The molecule has 28 heavy (non-hydrogen) atoms. The van der Waals surface area contributed by atoms with Gasteiger partial charge in [-0.05, 0) is 43.5 Å². The monoisotopic (exact) mass is 384 g/mol. The third kappa shape index (κ3) is 3.62. The van der Waals surface area contributed by atoms with Crippen molar-refractivity contribution < 1.29 is 9.21 Å². The minimum absolute atomic E-state index is 0.0705. The molecule has 3 heterocycles. The first-order valence-corrected chi connectivity index (χ1v) is 9.16. The van der Waals surface area contributed by atoms with E-state index >= 15 is 0 Å². The fraction of sp³-hybridized carbons (Fsp3) is 0.400. The van der Waals surface area contributed by atoms with Gasteiger partial charge in [0.25, 0.3) is 5.56 Å². The fourth-order valence-electron chi connectivity index (χ4n) is 3.42. The van der Waals surface area contributed by atoms with Gasteiger partial charge in [0.05, 0.1) is 11.6 Å². The number of aromatic nitrogens is 3. The highest BCUT2D eigenvalue weighted by atomic mass is 16.3. The smallest absolute Gasteiger partial charge is 0.332 e. The van der Waals surface area contributed by atoms with Gasteiger partial charge < -0.3 is 9.73 Å². The second kappa shape index (κ2) is 7.84. The van der Waals surface area contributed by atoms with Gasteiger partial charge in [-0.25, -0.2) is 9.78 Å². The summed E-state index contributed by atoms with van der Waals surface area (Å²) in [5.74, 6) is 0.756. The van der Waals surface area contributed by atoms with Crippen LogP contribution in [0.4, 0.5) is 0 Å². The molecule has 1 amide bonds. The van der Waals surface area contributed by atoms with Crippen molar-refractivity contribution in [3.05, 3.63) is 61.8 Å². The third-order valence-corrected chi connectivity index (χ3v) is 5.05. The van der Waals surface area contributed by atoms with Crippen molar-refractivity contribution in [1.82, 2.24) is 19.4 Å². The number of rotatable bonds is 6. The number of carbonyl (C=O) groups is 1. The largest absolute Gasteiger partial charge is 0.469 e. The van der Waals surface area contributed by atoms with E-state index in [0.717, 1.165) is 27.1 Å². The Bertz CT molecular complexity index is 1140. The van der Waals surface area contributed by atoms with E-state index in [4.69, 9.17) is 4.42 Å². The van der Waals surface area contributed by atoms with Gasteiger partial charge in [0.15, 0.2) is 0 Å². The van der Waals surface area contributed by atoms with Gasteiger partial charge in [-0.2, -0.15) is 0 Å². The summed E-state index contributed by atoms with van der Waals surface area (Å²) in [6.07, 6.45) is 3.01. The molecule has 0 radical (unpaired) electrons. The topological polar surface area (TPSA) is 99.1 Å². The van der Waals surface area contributed by atoms with Crippen molar-refractivity contribution in [2.24, 2.45) is 14.1 Å². The minimum atomic E-state index is -0.410. The molecular weight excluding hydrogens is 360 g/mol. The van der Waals surface area contributed by atoms with Crippen molar-refractivity contribution in [3.8, 4) is 0 Å². The van der Waals surface area contributed by atoms with E-state index in [1.165, 1.54) is 11.6 Å². The molecule has 0 saturated heterocycles. The van der Waals surface area contributed by atoms with E-state index < -0.39 is 5.69 Å². The quantitative estimate of drug-likeness (QED) is 0.687. The van der Waals surface area contributed by atoms with Gasteiger partial charge in [0, 0.05) is 39.2 Å². The lowest BCUT2D eigenvalue weighted by molar-refractivity contribution is -0.121. The lowest BCUT2D eigenvalue weighted by Gasteiger charge is -2.14. The van der Waals surface area contributed by atoms with Crippen molar-refractivity contribution in [2.75, 3.05) is 6.54 Å². The number of furan rings is 1. The number of pyridine rings is 1. The lowest BCUT2D eigenvalue weighted by Crippen LogP contribution is -2.38. The van der Waals surface area contributed by atoms with Crippen LogP contribution in [0.15, 0.2) is 32.4 Å². The summed E-state index contributed by atoms with van der Waals surface area (Å²) >= 11 is 0. The SMILES string of the molecule is Cc1nc2c(c(C)c1CCC(=O)NCCc1ccco1)c(=O)n(C)c(=O)n2C. The predicted octanol–water partition coefficient (Wildman–Crippen LogP) is 1.13. The molecule has 0 saturated carbocycles. The molecule has 148 valence electrons. The summed E-state index contributed by atoms with van der Waals surface area (Å²) in [7, 11) is 3.05. The van der Waals surface area contributed by atoms with E-state index in [1.807, 2.05) is 26.0 Å². The number of carbonyl (C=O) groups excluding carboxylic acids is 1. The van der Waals surface area contributed by atoms with Gasteiger partial charge in [-0.1, -0.05) is 0 Å². The number of nitrogens with zero attached hydrogens (tertiary/aromatic N) is 3. The van der Waals surface area contributed by atoms with Crippen LogP contribution >= 0.6 is 0 Å². The van der Waals surface area contributed by atoms with Crippen LogP contribution < -0.4 is 16.6 Å². The van der Waals surface area contributed by atoms with Crippen molar-refractivity contribution >= 4 is 16.9 Å². The molecule has 0 unspecified atom stereocenters. The van der Waals surface area contributed by atoms with Crippen LogP contribution in [-0.2, 0) is 31.7 Å². The van der Waals surface area contributed by atoms with Crippen LogP contribution in [0.1, 0.15) is 29.0 Å². The minimum Gasteiger partial charge on any atom is -0.469 e. The maximum absolute atomic E-state index is 12.6. The zero-order valence-corrected chi connectivity index (χ0v) is 16.5. The Morgan fingerprint density at radius 1 is 1.18 bits per heavy atom. The van der Waals surface area contributed by atoms with Crippen molar-refractivity contribution in [3.63, 3.8) is 0 Å². The van der Waals surface area contributed by atoms with Gasteiger partial charge in [-0.3, -0.25) is 18.7 Å². The average molecular weight is 384 g/mol. The summed E-state index contributed by atoms with van der Waals surface area (Å²) < 4.78 is 7.70. The lowest BCUT2D eigenvalue weighted by atomic mass is 10.00. The molecule has 0 bridgehead atoms. The molecule has 0 spiro atoms. The first kappa shape index (κ1) is 19.6. The zero-order chi connectivity index (χ0) is 20.4. The molecule has 0 aromatic carbocycles. The molecule has 0 aliphatic heterocycles. The highest BCUT2D eigenvalue weighted by Gasteiger charge is 2.17. The molecule has 8 heteroatoms. The molecule has 3 rings (SSSR count). The summed E-state index contributed by atoms with van der Waals surface area (Å²) in [6.45, 7) is 4.18. The van der Waals surface area contributed by atoms with Crippen LogP contribution in [0.3, 0.4) is 0 Å². The highest BCUT2D eigenvalue weighted by molar-refractivity contribution is 5.80. The van der Waals surface area contributed by atoms with E-state index in [9.17, 15) is 14.4 Å². The third-order valence-electron chi connectivity index (χ3n) is 5.05. The molecule has 1 N–H and O–H groups in total. The molecule has 3 aromatic rings. The number of fused-ring (bicyclic) bond motifs is 1. The first-order valence-electron chi connectivity index (χ1n) is 9.16. The van der Waals surface area contributed by atoms with Gasteiger partial charge in [0.2, 0.25) is 5.91 Å². The summed E-state index contributed by atoms with van der Waals surface area (Å²) in [4.78, 5) is 41.4. The second-order valence-corrected chi connectivity index (χ2v) is 6.88. The second-order valence-electron chi connectivity index (χ2n) is 6.88. The van der Waals surface area contributed by atoms with Crippen molar-refractivity contribution in [1.29, 1.82) is 0 Å². The maximum Gasteiger partial charge on any atom is 0.332 e. The maximum atomic E-state index is 12.6. The number of nitrogens with one attached hydrogen (secondary N) is 1. The Kier molecular flexibility index (Phi) is 5.48. The predicted molar refractivity (Wildman–Crippen MR) is 105 cm³/mol. The first-order chi connectivity index (χ1) is 13.3. The molecule has 0 fully saturated rings. The summed E-state index contributed by atoms with van der Waals surface area (Å²) in [5.41, 5.74) is 1.94. The summed E-state index contributed by atoms with van der Waals surface area (Å²) in [5, 5.41) is 3.29. The molecule has 8 nitrogen and oxygen atoms in total. The van der Waals surface area contributed by atoms with Crippen LogP contribution in [-0.4, -0.2) is 26.6 Å². The Balaban J connectivity index is 1.79. The normalized spacial score (nSPS) is 11.1. The summed E-state index contributed by atoms with van der Waals surface area (Å²) in [6, 6.07) is 3.68. The standard InChI is InChI=1S/C20H24N4O4/c1-12-15(7-8-16(25)21-10-9-14-6-5-11-28-14)13(2)22-18-17(12)19(26)24(4)20(27)23(18)3/h5-6,11H,7-10H2,1-4H3,(H,21,25). The molecule has 0 aliphatic rings. The number of amides is 1. The van der Waals surface area contributed by atoms with Gasteiger partial charge in [0.1, 0.15) is 11.4 Å². The van der Waals surface area contributed by atoms with Crippen LogP contribution in [0.25, 0.3) is 11.0 Å². The van der Waals surface area contributed by atoms with E-state index in [1.54, 1.807) is 13.3 Å². The molecule has 3 aromatic heterocycles. The molecule has 0 aliphatic carbocycles. The highest BCUT2D eigenvalue weighted by Crippen LogP contribution is 2.20. The number of hydrogen-bond acceptors (Lipinski definition) is 5. The van der Waals surface area contributed by atoms with E-state index in [-0.39, 0.29) is 11.5 Å². The van der Waals surface area contributed by atoms with Gasteiger partial charge >= 0.3 is 5.69 Å². The fourth-order valence-corrected chi connectivity index (χ4v) is 3.42. The Morgan fingerprint density at radius 3 is 2.61 bits per heavy atom.